The summed E-state index contributed by atoms with van der Waals surface area (Å²) in [6.07, 6.45) is 0. The number of nitrogens with one attached hydrogen (secondary N) is 2. The average molecular weight is 345 g/mol. The maximum absolute atomic E-state index is 4.55. The van der Waals surface area contributed by atoms with Gasteiger partial charge >= 0.3 is 0 Å². The lowest BCUT2D eigenvalue weighted by Gasteiger charge is -2.27. The number of aryl methyl sites for hydroxylation is 3. The highest BCUT2D eigenvalue weighted by molar-refractivity contribution is 7.11. The Labute approximate surface area is 149 Å². The summed E-state index contributed by atoms with van der Waals surface area (Å²) in [4.78, 5) is 10.1. The van der Waals surface area contributed by atoms with Crippen molar-refractivity contribution in [3.63, 3.8) is 0 Å². The van der Waals surface area contributed by atoms with Crippen molar-refractivity contribution >= 4 is 17.3 Å². The molecule has 130 valence electrons. The maximum atomic E-state index is 4.55. The van der Waals surface area contributed by atoms with E-state index < -0.39 is 0 Å². The molecule has 0 saturated heterocycles. The monoisotopic (exact) mass is 344 g/mol. The maximum Gasteiger partial charge on any atom is 0.191 e. The quantitative estimate of drug-likeness (QED) is 0.642. The van der Waals surface area contributed by atoms with Crippen LogP contribution in [0.25, 0.3) is 0 Å². The first-order valence-electron chi connectivity index (χ1n) is 8.26. The minimum absolute atomic E-state index is 0.0275. The van der Waals surface area contributed by atoms with Crippen LogP contribution in [0.4, 0.5) is 0 Å². The first-order chi connectivity index (χ1) is 11.3. The second-order valence-corrected chi connectivity index (χ2v) is 8.07. The summed E-state index contributed by atoms with van der Waals surface area (Å²) < 4.78 is 0. The molecular weight excluding hydrogens is 316 g/mol. The number of aromatic nitrogens is 1. The zero-order valence-corrected chi connectivity index (χ0v) is 16.3. The van der Waals surface area contributed by atoms with Crippen LogP contribution in [-0.2, 0) is 12.0 Å². The van der Waals surface area contributed by atoms with Crippen LogP contribution in [0.2, 0.25) is 0 Å². The average Bonchev–Trinajstić information content (AvgIpc) is 2.86. The van der Waals surface area contributed by atoms with Crippen molar-refractivity contribution in [2.24, 2.45) is 4.99 Å². The highest BCUT2D eigenvalue weighted by Gasteiger charge is 2.20. The number of benzene rings is 1. The van der Waals surface area contributed by atoms with Gasteiger partial charge in [-0.3, -0.25) is 4.99 Å². The van der Waals surface area contributed by atoms with E-state index >= 15 is 0 Å². The van der Waals surface area contributed by atoms with Crippen molar-refractivity contribution < 1.29 is 0 Å². The summed E-state index contributed by atoms with van der Waals surface area (Å²) in [7, 11) is 1.80. The largest absolute Gasteiger partial charge is 0.356 e. The Hall–Kier alpha value is -1.88. The number of hydrogen-bond acceptors (Lipinski definition) is 3. The molecule has 1 aromatic carbocycles. The topological polar surface area (TPSA) is 49.3 Å². The van der Waals surface area contributed by atoms with Crippen molar-refractivity contribution in [3.8, 4) is 0 Å². The molecule has 0 unspecified atom stereocenters. The SMILES string of the molecule is CN=C(NCc1nc(C)c(C)s1)NCC(C)(C)c1ccc(C)cc1. The fourth-order valence-corrected chi connectivity index (χ4v) is 3.28. The Morgan fingerprint density at radius 3 is 2.33 bits per heavy atom. The summed E-state index contributed by atoms with van der Waals surface area (Å²) in [5, 5.41) is 7.87. The van der Waals surface area contributed by atoms with Crippen LogP contribution in [0, 0.1) is 20.8 Å². The van der Waals surface area contributed by atoms with E-state index in [1.807, 2.05) is 6.92 Å². The third-order valence-electron chi connectivity index (χ3n) is 4.23. The van der Waals surface area contributed by atoms with Gasteiger partial charge in [0.15, 0.2) is 5.96 Å². The molecule has 1 heterocycles. The van der Waals surface area contributed by atoms with Crippen LogP contribution in [0.3, 0.4) is 0 Å². The van der Waals surface area contributed by atoms with Crippen LogP contribution in [0.15, 0.2) is 29.3 Å². The molecule has 0 aliphatic carbocycles. The molecule has 4 nitrogen and oxygen atoms in total. The molecule has 0 aliphatic heterocycles. The second-order valence-electron chi connectivity index (χ2n) is 6.78. The second kappa shape index (κ2) is 7.79. The van der Waals surface area contributed by atoms with Gasteiger partial charge < -0.3 is 10.6 Å². The molecule has 24 heavy (non-hydrogen) atoms. The van der Waals surface area contributed by atoms with E-state index in [2.05, 4.69) is 72.6 Å². The molecular formula is C19H28N4S. The molecule has 2 N–H and O–H groups in total. The summed E-state index contributed by atoms with van der Waals surface area (Å²) in [5.41, 5.74) is 3.75. The fraction of sp³-hybridized carbons (Fsp3) is 0.474. The summed E-state index contributed by atoms with van der Waals surface area (Å²) in [6, 6.07) is 8.73. The van der Waals surface area contributed by atoms with Crippen molar-refractivity contribution in [2.45, 2.75) is 46.6 Å². The highest BCUT2D eigenvalue weighted by atomic mass is 32.1. The van der Waals surface area contributed by atoms with Crippen LogP contribution in [-0.4, -0.2) is 24.5 Å². The molecule has 1 aromatic heterocycles. The van der Waals surface area contributed by atoms with Gasteiger partial charge in [0.2, 0.25) is 0 Å². The standard InChI is InChI=1S/C19H28N4S/c1-13-7-9-16(10-8-13)19(4,5)12-22-18(20-6)21-11-17-23-14(2)15(3)24-17/h7-10H,11-12H2,1-6H3,(H2,20,21,22). The predicted molar refractivity (Wildman–Crippen MR) is 104 cm³/mol. The normalized spacial score (nSPS) is 12.3. The van der Waals surface area contributed by atoms with Gasteiger partial charge in [-0.15, -0.1) is 11.3 Å². The van der Waals surface area contributed by atoms with Crippen LogP contribution in [0.5, 0.6) is 0 Å². The van der Waals surface area contributed by atoms with E-state index in [4.69, 9.17) is 0 Å². The molecule has 5 heteroatoms. The summed E-state index contributed by atoms with van der Waals surface area (Å²) in [6.45, 7) is 12.3. The minimum Gasteiger partial charge on any atom is -0.356 e. The Balaban J connectivity index is 1.91. The van der Waals surface area contributed by atoms with E-state index in [1.165, 1.54) is 16.0 Å². The molecule has 0 spiro atoms. The third kappa shape index (κ3) is 4.81. The molecule has 0 fully saturated rings. The predicted octanol–water partition coefficient (Wildman–Crippen LogP) is 3.71. The Kier molecular flexibility index (Phi) is 5.99. The van der Waals surface area contributed by atoms with Crippen LogP contribution < -0.4 is 10.6 Å². The number of hydrogen-bond donors (Lipinski definition) is 2. The molecule has 0 radical (unpaired) electrons. The molecule has 2 aromatic rings. The molecule has 0 bridgehead atoms. The number of thiazole rings is 1. The Bertz CT molecular complexity index is 679. The molecule has 0 atom stereocenters. The minimum atomic E-state index is 0.0275. The number of aliphatic imine (C=N–C) groups is 1. The number of nitrogens with zero attached hydrogens (tertiary/aromatic N) is 2. The zero-order chi connectivity index (χ0) is 17.7. The van der Waals surface area contributed by atoms with E-state index in [-0.39, 0.29) is 5.41 Å². The van der Waals surface area contributed by atoms with Crippen molar-refractivity contribution in [1.29, 1.82) is 0 Å². The van der Waals surface area contributed by atoms with Crippen LogP contribution >= 0.6 is 11.3 Å². The van der Waals surface area contributed by atoms with Crippen molar-refractivity contribution in [2.75, 3.05) is 13.6 Å². The lowest BCUT2D eigenvalue weighted by Crippen LogP contribution is -2.43. The highest BCUT2D eigenvalue weighted by Crippen LogP contribution is 2.22. The molecule has 0 amide bonds. The van der Waals surface area contributed by atoms with E-state index in [9.17, 15) is 0 Å². The Morgan fingerprint density at radius 1 is 1.12 bits per heavy atom. The van der Waals surface area contributed by atoms with E-state index in [1.54, 1.807) is 18.4 Å². The molecule has 0 saturated carbocycles. The summed E-state index contributed by atoms with van der Waals surface area (Å²) in [5.74, 6) is 0.806. The van der Waals surface area contributed by atoms with Gasteiger partial charge in [-0.2, -0.15) is 0 Å². The number of guanidine groups is 1. The first kappa shape index (κ1) is 18.5. The zero-order valence-electron chi connectivity index (χ0n) is 15.5. The number of rotatable bonds is 5. The molecule has 0 aliphatic rings. The van der Waals surface area contributed by atoms with Gasteiger partial charge in [0, 0.05) is 23.9 Å². The van der Waals surface area contributed by atoms with Gasteiger partial charge in [-0.1, -0.05) is 43.7 Å². The van der Waals surface area contributed by atoms with Crippen molar-refractivity contribution in [1.82, 2.24) is 15.6 Å². The third-order valence-corrected chi connectivity index (χ3v) is 5.31. The van der Waals surface area contributed by atoms with E-state index in [0.717, 1.165) is 23.2 Å². The van der Waals surface area contributed by atoms with Gasteiger partial charge in [-0.05, 0) is 26.3 Å². The summed E-state index contributed by atoms with van der Waals surface area (Å²) >= 11 is 1.73. The first-order valence-corrected chi connectivity index (χ1v) is 9.08. The Morgan fingerprint density at radius 2 is 1.79 bits per heavy atom. The van der Waals surface area contributed by atoms with Gasteiger partial charge in [0.25, 0.3) is 0 Å². The lowest BCUT2D eigenvalue weighted by molar-refractivity contribution is 0.508. The van der Waals surface area contributed by atoms with Gasteiger partial charge in [0.1, 0.15) is 5.01 Å². The fourth-order valence-electron chi connectivity index (χ4n) is 2.41. The van der Waals surface area contributed by atoms with Gasteiger partial charge in [-0.25, -0.2) is 4.98 Å². The smallest absolute Gasteiger partial charge is 0.191 e. The molecule has 2 rings (SSSR count). The van der Waals surface area contributed by atoms with Crippen molar-refractivity contribution in [3.05, 3.63) is 51.0 Å². The lowest BCUT2D eigenvalue weighted by atomic mass is 9.84. The van der Waals surface area contributed by atoms with E-state index in [0.29, 0.717) is 6.54 Å². The van der Waals surface area contributed by atoms with Gasteiger partial charge in [0.05, 0.1) is 12.2 Å². The van der Waals surface area contributed by atoms with Crippen LogP contribution in [0.1, 0.15) is 40.6 Å².